The standard InChI is InChI=1S/C23H33FN6O/c1-15(14-31-2)28-17-5-7-18(8-6-17)29-22-11-19(20(24)13-27-22)23-25-10-9-21(30-23)26-12-16-3-4-16/h9-11,13,15-18,28H,3-8,12,14H2,1-2H3,(H,27,29)(H,25,26,30)/t15-,17?,18?/m1/s1. The van der Waals surface area contributed by atoms with Gasteiger partial charge in [-0.2, -0.15) is 0 Å². The Hall–Kier alpha value is -2.32. The fourth-order valence-corrected chi connectivity index (χ4v) is 4.16. The SMILES string of the molecule is COC[C@@H](C)NC1CCC(Nc2cc(-c3nccc(NCC4CC4)n3)c(F)cn2)CC1. The highest BCUT2D eigenvalue weighted by atomic mass is 19.1. The van der Waals surface area contributed by atoms with Crippen molar-refractivity contribution in [3.05, 3.63) is 30.3 Å². The highest BCUT2D eigenvalue weighted by molar-refractivity contribution is 5.61. The molecule has 8 heteroatoms. The van der Waals surface area contributed by atoms with Gasteiger partial charge in [-0.15, -0.1) is 0 Å². The van der Waals surface area contributed by atoms with Gasteiger partial charge in [0.25, 0.3) is 0 Å². The van der Waals surface area contributed by atoms with Crippen molar-refractivity contribution in [1.29, 1.82) is 0 Å². The summed E-state index contributed by atoms with van der Waals surface area (Å²) in [6, 6.07) is 4.74. The zero-order valence-corrected chi connectivity index (χ0v) is 18.4. The minimum atomic E-state index is -0.412. The van der Waals surface area contributed by atoms with Crippen molar-refractivity contribution in [2.75, 3.05) is 30.9 Å². The Labute approximate surface area is 183 Å². The lowest BCUT2D eigenvalue weighted by Crippen LogP contribution is -2.42. The van der Waals surface area contributed by atoms with Gasteiger partial charge >= 0.3 is 0 Å². The molecule has 168 valence electrons. The van der Waals surface area contributed by atoms with E-state index in [0.717, 1.165) is 50.6 Å². The van der Waals surface area contributed by atoms with E-state index in [4.69, 9.17) is 4.74 Å². The molecule has 0 spiro atoms. The third-order valence-corrected chi connectivity index (χ3v) is 6.04. The summed E-state index contributed by atoms with van der Waals surface area (Å²) in [5, 5.41) is 10.4. The zero-order chi connectivity index (χ0) is 21.6. The molecule has 0 aromatic carbocycles. The monoisotopic (exact) mass is 428 g/mol. The lowest BCUT2D eigenvalue weighted by atomic mass is 9.90. The Bertz CT molecular complexity index is 854. The van der Waals surface area contributed by atoms with Crippen molar-refractivity contribution >= 4 is 11.6 Å². The van der Waals surface area contributed by atoms with Gasteiger partial charge in [-0.05, 0) is 63.5 Å². The van der Waals surface area contributed by atoms with Crippen LogP contribution in [0.2, 0.25) is 0 Å². The van der Waals surface area contributed by atoms with E-state index in [2.05, 4.69) is 37.8 Å². The first kappa shape index (κ1) is 21.9. The van der Waals surface area contributed by atoms with Crippen LogP contribution in [-0.4, -0.2) is 53.3 Å². The summed E-state index contributed by atoms with van der Waals surface area (Å²) in [5.41, 5.74) is 0.372. The summed E-state index contributed by atoms with van der Waals surface area (Å²) in [4.78, 5) is 13.0. The Balaban J connectivity index is 1.35. The number of methoxy groups -OCH3 is 1. The molecule has 0 amide bonds. The van der Waals surface area contributed by atoms with E-state index in [9.17, 15) is 4.39 Å². The van der Waals surface area contributed by atoms with Gasteiger partial charge in [0.05, 0.1) is 18.4 Å². The minimum absolute atomic E-state index is 0.328. The number of hydrogen-bond acceptors (Lipinski definition) is 7. The van der Waals surface area contributed by atoms with Crippen molar-refractivity contribution in [2.45, 2.75) is 63.6 Å². The normalized spacial score (nSPS) is 22.2. The predicted octanol–water partition coefficient (Wildman–Crippen LogP) is 3.85. The molecule has 2 aromatic heterocycles. The molecule has 2 aliphatic carbocycles. The first-order valence-electron chi connectivity index (χ1n) is 11.3. The van der Waals surface area contributed by atoms with Gasteiger partial charge in [0, 0.05) is 38.0 Å². The molecule has 0 saturated heterocycles. The van der Waals surface area contributed by atoms with Crippen LogP contribution >= 0.6 is 0 Å². The first-order chi connectivity index (χ1) is 15.1. The van der Waals surface area contributed by atoms with Crippen molar-refractivity contribution in [3.8, 4) is 11.4 Å². The van der Waals surface area contributed by atoms with Crippen molar-refractivity contribution in [3.63, 3.8) is 0 Å². The van der Waals surface area contributed by atoms with Crippen LogP contribution in [0.15, 0.2) is 24.5 Å². The van der Waals surface area contributed by atoms with Gasteiger partial charge in [-0.3, -0.25) is 0 Å². The quantitative estimate of drug-likeness (QED) is 0.530. The average Bonchev–Trinajstić information content (AvgIpc) is 3.60. The second kappa shape index (κ2) is 10.3. The molecule has 0 unspecified atom stereocenters. The van der Waals surface area contributed by atoms with Gasteiger partial charge in [-0.1, -0.05) is 0 Å². The third kappa shape index (κ3) is 6.33. The van der Waals surface area contributed by atoms with Gasteiger partial charge in [0.15, 0.2) is 11.6 Å². The fourth-order valence-electron chi connectivity index (χ4n) is 4.16. The van der Waals surface area contributed by atoms with Crippen LogP contribution in [-0.2, 0) is 4.74 Å². The topological polar surface area (TPSA) is 84.0 Å². The molecular weight excluding hydrogens is 395 g/mol. The maximum Gasteiger partial charge on any atom is 0.164 e. The molecule has 1 atom stereocenters. The highest BCUT2D eigenvalue weighted by Gasteiger charge is 2.23. The lowest BCUT2D eigenvalue weighted by molar-refractivity contribution is 0.161. The smallest absolute Gasteiger partial charge is 0.164 e. The number of nitrogens with zero attached hydrogens (tertiary/aromatic N) is 3. The van der Waals surface area contributed by atoms with Crippen molar-refractivity contribution in [2.24, 2.45) is 5.92 Å². The van der Waals surface area contributed by atoms with Gasteiger partial charge in [-0.25, -0.2) is 19.3 Å². The predicted molar refractivity (Wildman–Crippen MR) is 121 cm³/mol. The van der Waals surface area contributed by atoms with Gasteiger partial charge < -0.3 is 20.7 Å². The molecule has 2 aliphatic rings. The Morgan fingerprint density at radius 2 is 1.87 bits per heavy atom. The molecule has 4 rings (SSSR count). The van der Waals surface area contributed by atoms with Gasteiger partial charge in [0.2, 0.25) is 0 Å². The Kier molecular flexibility index (Phi) is 7.29. The molecule has 0 bridgehead atoms. The summed E-state index contributed by atoms with van der Waals surface area (Å²) < 4.78 is 19.7. The van der Waals surface area contributed by atoms with Crippen LogP contribution < -0.4 is 16.0 Å². The summed E-state index contributed by atoms with van der Waals surface area (Å²) in [5.74, 6) is 2.10. The zero-order valence-electron chi connectivity index (χ0n) is 18.4. The van der Waals surface area contributed by atoms with E-state index in [1.165, 1.54) is 19.0 Å². The number of ether oxygens (including phenoxy) is 1. The van der Waals surface area contributed by atoms with Crippen LogP contribution in [0.4, 0.5) is 16.0 Å². The van der Waals surface area contributed by atoms with E-state index < -0.39 is 5.82 Å². The van der Waals surface area contributed by atoms with Crippen LogP contribution in [0.1, 0.15) is 45.4 Å². The number of anilines is 2. The molecule has 0 aliphatic heterocycles. The van der Waals surface area contributed by atoms with E-state index >= 15 is 0 Å². The first-order valence-corrected chi connectivity index (χ1v) is 11.3. The molecule has 2 aromatic rings. The maximum atomic E-state index is 14.5. The molecule has 3 N–H and O–H groups in total. The average molecular weight is 429 g/mol. The second-order valence-corrected chi connectivity index (χ2v) is 8.86. The van der Waals surface area contributed by atoms with Crippen LogP contribution in [0.5, 0.6) is 0 Å². The van der Waals surface area contributed by atoms with E-state index in [1.54, 1.807) is 19.4 Å². The Morgan fingerprint density at radius 1 is 1.10 bits per heavy atom. The number of aromatic nitrogens is 3. The molecule has 0 radical (unpaired) electrons. The maximum absolute atomic E-state index is 14.5. The van der Waals surface area contributed by atoms with E-state index in [1.807, 2.05) is 6.07 Å². The highest BCUT2D eigenvalue weighted by Crippen LogP contribution is 2.29. The summed E-state index contributed by atoms with van der Waals surface area (Å²) in [6.07, 6.45) is 9.74. The van der Waals surface area contributed by atoms with Crippen LogP contribution in [0, 0.1) is 11.7 Å². The second-order valence-electron chi connectivity index (χ2n) is 8.86. The summed E-state index contributed by atoms with van der Waals surface area (Å²) >= 11 is 0. The fraction of sp³-hybridized carbons (Fsp3) is 0.609. The lowest BCUT2D eigenvalue weighted by Gasteiger charge is -2.31. The largest absolute Gasteiger partial charge is 0.383 e. The molecule has 2 fully saturated rings. The minimum Gasteiger partial charge on any atom is -0.383 e. The Morgan fingerprint density at radius 3 is 2.61 bits per heavy atom. The number of nitrogens with one attached hydrogen (secondary N) is 3. The van der Waals surface area contributed by atoms with Gasteiger partial charge in [0.1, 0.15) is 11.6 Å². The summed E-state index contributed by atoms with van der Waals surface area (Å²) in [6.45, 7) is 3.78. The number of rotatable bonds is 10. The molecule has 7 nitrogen and oxygen atoms in total. The molecule has 2 heterocycles. The number of hydrogen-bond donors (Lipinski definition) is 3. The molecule has 2 saturated carbocycles. The van der Waals surface area contributed by atoms with Crippen molar-refractivity contribution < 1.29 is 9.13 Å². The molecule has 31 heavy (non-hydrogen) atoms. The van der Waals surface area contributed by atoms with Crippen LogP contribution in [0.25, 0.3) is 11.4 Å². The third-order valence-electron chi connectivity index (χ3n) is 6.04. The van der Waals surface area contributed by atoms with E-state index in [0.29, 0.717) is 35.3 Å². The van der Waals surface area contributed by atoms with Crippen molar-refractivity contribution in [1.82, 2.24) is 20.3 Å². The van der Waals surface area contributed by atoms with E-state index in [-0.39, 0.29) is 0 Å². The number of halogens is 1. The number of pyridine rings is 1. The molecular formula is C23H33FN6O. The van der Waals surface area contributed by atoms with Crippen LogP contribution in [0.3, 0.4) is 0 Å². The summed E-state index contributed by atoms with van der Waals surface area (Å²) in [7, 11) is 1.73.